The fraction of sp³-hybridized carbons (Fsp3) is 0.682. The van der Waals surface area contributed by atoms with Crippen molar-refractivity contribution >= 4 is 5.91 Å². The molecular weight excluding hydrogens is 340 g/mol. The molecule has 1 atom stereocenters. The summed E-state index contributed by atoms with van der Waals surface area (Å²) in [6.07, 6.45) is 9.02. The lowest BCUT2D eigenvalue weighted by Crippen LogP contribution is -2.58. The van der Waals surface area contributed by atoms with Crippen LogP contribution >= 0.6 is 0 Å². The highest BCUT2D eigenvalue weighted by Gasteiger charge is 2.42. The Hall–Kier alpha value is -1.59. The molecule has 2 fully saturated rings. The summed E-state index contributed by atoms with van der Waals surface area (Å²) in [5.74, 6) is 0.879. The van der Waals surface area contributed by atoms with Crippen LogP contribution in [0.5, 0.6) is 5.75 Å². The van der Waals surface area contributed by atoms with Crippen molar-refractivity contribution in [2.45, 2.75) is 63.5 Å². The van der Waals surface area contributed by atoms with E-state index in [1.54, 1.807) is 12.1 Å². The molecule has 1 saturated carbocycles. The third-order valence-electron chi connectivity index (χ3n) is 6.13. The Labute approximate surface area is 163 Å². The summed E-state index contributed by atoms with van der Waals surface area (Å²) in [5.41, 5.74) is -0.324. The maximum atomic E-state index is 13.0. The highest BCUT2D eigenvalue weighted by molar-refractivity contribution is 5.86. The number of piperidine rings is 1. The van der Waals surface area contributed by atoms with Crippen LogP contribution < -0.4 is 0 Å². The van der Waals surface area contributed by atoms with E-state index >= 15 is 0 Å². The number of hydrogen-bond donors (Lipinski definition) is 2. The molecule has 2 aliphatic rings. The van der Waals surface area contributed by atoms with E-state index in [0.717, 1.165) is 37.4 Å². The van der Waals surface area contributed by atoms with E-state index in [0.29, 0.717) is 19.5 Å². The van der Waals surface area contributed by atoms with E-state index in [9.17, 15) is 15.0 Å². The molecule has 0 bridgehead atoms. The normalized spacial score (nSPS) is 24.6. The Morgan fingerprint density at radius 2 is 2.00 bits per heavy atom. The summed E-state index contributed by atoms with van der Waals surface area (Å²) in [5, 5.41) is 20.7. The van der Waals surface area contributed by atoms with Crippen LogP contribution in [0.1, 0.15) is 56.9 Å². The van der Waals surface area contributed by atoms with Crippen LogP contribution in [0.15, 0.2) is 24.3 Å². The summed E-state index contributed by atoms with van der Waals surface area (Å²) in [6.45, 7) is 2.46. The molecule has 1 aromatic carbocycles. The first-order chi connectivity index (χ1) is 13.0. The highest BCUT2D eigenvalue weighted by atomic mass is 16.3. The second-order valence-electron chi connectivity index (χ2n) is 8.56. The van der Waals surface area contributed by atoms with Crippen molar-refractivity contribution in [1.29, 1.82) is 0 Å². The van der Waals surface area contributed by atoms with Gasteiger partial charge in [0.05, 0.1) is 0 Å². The Kier molecular flexibility index (Phi) is 6.77. The van der Waals surface area contributed by atoms with Crippen LogP contribution in [0, 0.1) is 5.92 Å². The average molecular weight is 375 g/mol. The minimum absolute atomic E-state index is 0.104. The number of likely N-dealkylation sites (N-methyl/N-ethyl adjacent to an activating group) is 1. The second kappa shape index (κ2) is 9.07. The molecule has 1 aromatic rings. The Bertz CT molecular complexity index is 630. The molecule has 2 N–H and O–H groups in total. The van der Waals surface area contributed by atoms with E-state index in [1.165, 1.54) is 32.1 Å². The van der Waals surface area contributed by atoms with Crippen LogP contribution in [-0.2, 0) is 11.3 Å². The van der Waals surface area contributed by atoms with Gasteiger partial charge in [0.25, 0.3) is 5.91 Å². The zero-order chi connectivity index (χ0) is 19.3. The quantitative estimate of drug-likeness (QED) is 0.770. The van der Waals surface area contributed by atoms with Crippen molar-refractivity contribution in [2.75, 3.05) is 26.7 Å². The van der Waals surface area contributed by atoms with Crippen LogP contribution in [-0.4, -0.2) is 58.2 Å². The maximum Gasteiger partial charge on any atom is 0.255 e. The zero-order valence-corrected chi connectivity index (χ0v) is 16.6. The predicted molar refractivity (Wildman–Crippen MR) is 106 cm³/mol. The lowest BCUT2D eigenvalue weighted by Gasteiger charge is -2.40. The molecular formula is C22H34N2O3. The third-order valence-corrected chi connectivity index (χ3v) is 6.13. The first kappa shape index (κ1) is 20.2. The molecule has 150 valence electrons. The predicted octanol–water partition coefficient (Wildman–Crippen LogP) is 3.15. The number of phenolic OH excluding ortho intramolecular Hbond substituents is 1. The van der Waals surface area contributed by atoms with Gasteiger partial charge in [-0.1, -0.05) is 44.2 Å². The summed E-state index contributed by atoms with van der Waals surface area (Å²) in [6, 6.07) is 7.12. The Morgan fingerprint density at radius 1 is 1.22 bits per heavy atom. The Balaban J connectivity index is 1.54. The number of amides is 1. The molecule has 0 spiro atoms. The van der Waals surface area contributed by atoms with Gasteiger partial charge >= 0.3 is 0 Å². The minimum atomic E-state index is -1.30. The average Bonchev–Trinajstić information content (AvgIpc) is 2.64. The molecule has 5 nitrogen and oxygen atoms in total. The number of carbonyl (C=O) groups is 1. The zero-order valence-electron chi connectivity index (χ0n) is 16.6. The number of likely N-dealkylation sites (tertiary alicyclic amines) is 1. The lowest BCUT2D eigenvalue weighted by molar-refractivity contribution is -0.159. The van der Waals surface area contributed by atoms with Crippen molar-refractivity contribution in [3.63, 3.8) is 0 Å². The number of hydrogen-bond acceptors (Lipinski definition) is 4. The van der Waals surface area contributed by atoms with Crippen molar-refractivity contribution < 1.29 is 15.0 Å². The molecule has 27 heavy (non-hydrogen) atoms. The largest absolute Gasteiger partial charge is 0.508 e. The van der Waals surface area contributed by atoms with Gasteiger partial charge in [0, 0.05) is 26.2 Å². The molecule has 1 saturated heterocycles. The van der Waals surface area contributed by atoms with Gasteiger partial charge in [-0.3, -0.25) is 9.69 Å². The molecule has 1 aliphatic heterocycles. The van der Waals surface area contributed by atoms with E-state index < -0.39 is 5.60 Å². The van der Waals surface area contributed by atoms with Crippen LogP contribution in [0.2, 0.25) is 0 Å². The lowest BCUT2D eigenvalue weighted by atomic mass is 9.86. The van der Waals surface area contributed by atoms with Crippen molar-refractivity contribution in [1.82, 2.24) is 9.80 Å². The number of nitrogens with zero attached hydrogens (tertiary/aromatic N) is 2. The van der Waals surface area contributed by atoms with Crippen molar-refractivity contribution in [3.8, 4) is 5.75 Å². The number of aliphatic hydroxyl groups is 1. The van der Waals surface area contributed by atoms with Gasteiger partial charge in [-0.15, -0.1) is 0 Å². The summed E-state index contributed by atoms with van der Waals surface area (Å²) >= 11 is 0. The first-order valence-electron chi connectivity index (χ1n) is 10.4. The topological polar surface area (TPSA) is 64.0 Å². The van der Waals surface area contributed by atoms with Gasteiger partial charge in [0.15, 0.2) is 5.60 Å². The molecule has 0 aromatic heterocycles. The fourth-order valence-electron chi connectivity index (χ4n) is 4.71. The fourth-order valence-corrected chi connectivity index (χ4v) is 4.71. The smallest absolute Gasteiger partial charge is 0.255 e. The van der Waals surface area contributed by atoms with Crippen molar-refractivity contribution in [3.05, 3.63) is 29.8 Å². The third kappa shape index (κ3) is 5.45. The van der Waals surface area contributed by atoms with Gasteiger partial charge in [-0.25, -0.2) is 0 Å². The summed E-state index contributed by atoms with van der Waals surface area (Å²) in [7, 11) is 1.91. The molecule has 1 heterocycles. The van der Waals surface area contributed by atoms with Gasteiger partial charge in [-0.2, -0.15) is 0 Å². The maximum absolute atomic E-state index is 13.0. The highest BCUT2D eigenvalue weighted by Crippen LogP contribution is 2.29. The van der Waals surface area contributed by atoms with E-state index in [4.69, 9.17) is 0 Å². The van der Waals surface area contributed by atoms with E-state index in [1.807, 2.05) is 29.0 Å². The molecule has 0 radical (unpaired) electrons. The standard InChI is InChI=1S/C22H34N2O3/c1-23(16-19-9-5-10-20(25)15-19)17-22(27)12-6-13-24(21(22)26)14-11-18-7-3-2-4-8-18/h5,9-10,15,18,25,27H,2-4,6-8,11-14,16-17H2,1H3. The SMILES string of the molecule is CN(Cc1cccc(O)c1)CC1(O)CCCN(CCC2CCCCC2)C1=O. The molecule has 1 amide bonds. The number of aromatic hydroxyl groups is 1. The van der Waals surface area contributed by atoms with Crippen LogP contribution in [0.3, 0.4) is 0 Å². The first-order valence-corrected chi connectivity index (χ1v) is 10.4. The summed E-state index contributed by atoms with van der Waals surface area (Å²) in [4.78, 5) is 16.8. The monoisotopic (exact) mass is 374 g/mol. The van der Waals surface area contributed by atoms with Gasteiger partial charge in [0.2, 0.25) is 0 Å². The van der Waals surface area contributed by atoms with Crippen molar-refractivity contribution in [2.24, 2.45) is 5.92 Å². The molecule has 5 heteroatoms. The molecule has 1 unspecified atom stereocenters. The number of phenols is 1. The van der Waals surface area contributed by atoms with Crippen LogP contribution in [0.25, 0.3) is 0 Å². The summed E-state index contributed by atoms with van der Waals surface area (Å²) < 4.78 is 0. The van der Waals surface area contributed by atoms with Gasteiger partial charge in [-0.05, 0) is 49.9 Å². The molecule has 1 aliphatic carbocycles. The van der Waals surface area contributed by atoms with Crippen LogP contribution in [0.4, 0.5) is 0 Å². The minimum Gasteiger partial charge on any atom is -0.508 e. The van der Waals surface area contributed by atoms with E-state index in [-0.39, 0.29) is 11.7 Å². The Morgan fingerprint density at radius 3 is 2.74 bits per heavy atom. The van der Waals surface area contributed by atoms with Gasteiger partial charge < -0.3 is 15.1 Å². The second-order valence-corrected chi connectivity index (χ2v) is 8.56. The van der Waals surface area contributed by atoms with E-state index in [2.05, 4.69) is 0 Å². The number of carbonyl (C=O) groups excluding carboxylic acids is 1. The number of rotatable bonds is 7. The number of benzene rings is 1. The van der Waals surface area contributed by atoms with Gasteiger partial charge in [0.1, 0.15) is 5.75 Å². The molecule has 3 rings (SSSR count).